The van der Waals surface area contributed by atoms with Gasteiger partial charge in [-0.25, -0.2) is 4.98 Å². The monoisotopic (exact) mass is 250 g/mol. The van der Waals surface area contributed by atoms with Gasteiger partial charge in [0.25, 0.3) is 0 Å². The lowest BCUT2D eigenvalue weighted by atomic mass is 10.3. The average Bonchev–Trinajstić information content (AvgIpc) is 2.86. The Bertz CT molecular complexity index is 487. The van der Waals surface area contributed by atoms with E-state index < -0.39 is 0 Å². The number of rotatable bonds is 5. The SMILES string of the molecule is CCCNCc1sc(-c2ccoc2C)nc1C. The van der Waals surface area contributed by atoms with Gasteiger partial charge < -0.3 is 9.73 Å². The number of aromatic nitrogens is 1. The molecule has 0 spiro atoms. The van der Waals surface area contributed by atoms with Crippen molar-refractivity contribution in [2.45, 2.75) is 33.7 Å². The third kappa shape index (κ3) is 2.76. The molecule has 4 heteroatoms. The lowest BCUT2D eigenvalue weighted by molar-refractivity contribution is 0.535. The Hall–Kier alpha value is -1.13. The molecular weight excluding hydrogens is 232 g/mol. The minimum atomic E-state index is 0.911. The topological polar surface area (TPSA) is 38.1 Å². The predicted octanol–water partition coefficient (Wildman–Crippen LogP) is 3.52. The molecule has 2 rings (SSSR count). The summed E-state index contributed by atoms with van der Waals surface area (Å²) in [6.07, 6.45) is 2.88. The molecule has 3 nitrogen and oxygen atoms in total. The molecule has 2 aromatic rings. The third-order valence-electron chi connectivity index (χ3n) is 2.69. The molecule has 0 atom stereocenters. The Kier molecular flexibility index (Phi) is 3.97. The Balaban J connectivity index is 2.16. The lowest BCUT2D eigenvalue weighted by Crippen LogP contribution is -2.13. The first-order valence-corrected chi connectivity index (χ1v) is 6.75. The Labute approximate surface area is 106 Å². The van der Waals surface area contributed by atoms with E-state index in [9.17, 15) is 0 Å². The number of nitrogens with zero attached hydrogens (tertiary/aromatic N) is 1. The van der Waals surface area contributed by atoms with Crippen molar-refractivity contribution in [3.05, 3.63) is 28.7 Å². The molecule has 1 N–H and O–H groups in total. The normalized spacial score (nSPS) is 11.0. The summed E-state index contributed by atoms with van der Waals surface area (Å²) in [6, 6.07) is 1.98. The summed E-state index contributed by atoms with van der Waals surface area (Å²) in [5.41, 5.74) is 2.23. The number of thiazole rings is 1. The lowest BCUT2D eigenvalue weighted by Gasteiger charge is -1.99. The van der Waals surface area contributed by atoms with Crippen molar-refractivity contribution in [1.82, 2.24) is 10.3 Å². The number of nitrogens with one attached hydrogen (secondary N) is 1. The van der Waals surface area contributed by atoms with E-state index in [0.717, 1.165) is 41.5 Å². The summed E-state index contributed by atoms with van der Waals surface area (Å²) in [5, 5.41) is 4.47. The maximum atomic E-state index is 5.32. The van der Waals surface area contributed by atoms with Gasteiger partial charge in [-0.15, -0.1) is 11.3 Å². The van der Waals surface area contributed by atoms with Gasteiger partial charge >= 0.3 is 0 Å². The van der Waals surface area contributed by atoms with Crippen molar-refractivity contribution in [2.24, 2.45) is 0 Å². The van der Waals surface area contributed by atoms with Gasteiger partial charge in [-0.2, -0.15) is 0 Å². The molecule has 2 aromatic heterocycles. The molecule has 2 heterocycles. The number of hydrogen-bond acceptors (Lipinski definition) is 4. The van der Waals surface area contributed by atoms with Gasteiger partial charge in [-0.1, -0.05) is 6.92 Å². The van der Waals surface area contributed by atoms with Crippen LogP contribution in [0.15, 0.2) is 16.7 Å². The number of aryl methyl sites for hydroxylation is 2. The van der Waals surface area contributed by atoms with E-state index in [4.69, 9.17) is 4.42 Å². The van der Waals surface area contributed by atoms with Crippen LogP contribution in [0.4, 0.5) is 0 Å². The van der Waals surface area contributed by atoms with Crippen molar-refractivity contribution >= 4 is 11.3 Å². The second-order valence-electron chi connectivity index (χ2n) is 4.09. The van der Waals surface area contributed by atoms with Gasteiger partial charge in [-0.3, -0.25) is 0 Å². The molecule has 0 amide bonds. The molecule has 0 bridgehead atoms. The van der Waals surface area contributed by atoms with E-state index in [2.05, 4.69) is 24.1 Å². The molecule has 0 fully saturated rings. The Morgan fingerprint density at radius 3 is 2.88 bits per heavy atom. The van der Waals surface area contributed by atoms with Crippen LogP contribution in [0.1, 0.15) is 29.7 Å². The van der Waals surface area contributed by atoms with Crippen molar-refractivity contribution < 1.29 is 4.42 Å². The van der Waals surface area contributed by atoms with E-state index in [0.29, 0.717) is 0 Å². The van der Waals surface area contributed by atoms with Crippen molar-refractivity contribution in [3.63, 3.8) is 0 Å². The minimum absolute atomic E-state index is 0.911. The van der Waals surface area contributed by atoms with Crippen molar-refractivity contribution in [2.75, 3.05) is 6.54 Å². The summed E-state index contributed by atoms with van der Waals surface area (Å²) in [6.45, 7) is 8.18. The smallest absolute Gasteiger partial charge is 0.127 e. The van der Waals surface area contributed by atoms with Crippen LogP contribution in [0.25, 0.3) is 10.6 Å². The van der Waals surface area contributed by atoms with Gasteiger partial charge in [0.1, 0.15) is 10.8 Å². The maximum Gasteiger partial charge on any atom is 0.127 e. The predicted molar refractivity (Wildman–Crippen MR) is 71.3 cm³/mol. The van der Waals surface area contributed by atoms with E-state index in [1.54, 1.807) is 17.6 Å². The van der Waals surface area contributed by atoms with E-state index in [1.165, 1.54) is 4.88 Å². The molecule has 0 saturated heterocycles. The highest BCUT2D eigenvalue weighted by molar-refractivity contribution is 7.15. The highest BCUT2D eigenvalue weighted by Crippen LogP contribution is 2.30. The molecule has 92 valence electrons. The second-order valence-corrected chi connectivity index (χ2v) is 5.18. The first kappa shape index (κ1) is 12.3. The van der Waals surface area contributed by atoms with Crippen LogP contribution in [0.2, 0.25) is 0 Å². The number of furan rings is 1. The zero-order chi connectivity index (χ0) is 12.3. The molecule has 0 aliphatic heterocycles. The summed E-state index contributed by atoms with van der Waals surface area (Å²) in [5.74, 6) is 0.937. The fraction of sp³-hybridized carbons (Fsp3) is 0.462. The fourth-order valence-corrected chi connectivity index (χ4v) is 2.80. The summed E-state index contributed by atoms with van der Waals surface area (Å²) in [4.78, 5) is 5.93. The summed E-state index contributed by atoms with van der Waals surface area (Å²) >= 11 is 1.75. The van der Waals surface area contributed by atoms with Gasteiger partial charge in [0.2, 0.25) is 0 Å². The van der Waals surface area contributed by atoms with Crippen molar-refractivity contribution in [1.29, 1.82) is 0 Å². The van der Waals surface area contributed by atoms with E-state index >= 15 is 0 Å². The minimum Gasteiger partial charge on any atom is -0.469 e. The highest BCUT2D eigenvalue weighted by atomic mass is 32.1. The standard InChI is InChI=1S/C13H18N2OS/c1-4-6-14-8-12-9(2)15-13(17-12)11-5-7-16-10(11)3/h5,7,14H,4,6,8H2,1-3H3. The molecule has 0 aliphatic carbocycles. The first-order chi connectivity index (χ1) is 8.22. The molecule has 0 aromatic carbocycles. The third-order valence-corrected chi connectivity index (χ3v) is 3.88. The quantitative estimate of drug-likeness (QED) is 0.825. The van der Waals surface area contributed by atoms with Crippen molar-refractivity contribution in [3.8, 4) is 10.6 Å². The first-order valence-electron chi connectivity index (χ1n) is 5.94. The van der Waals surface area contributed by atoms with Crippen LogP contribution in [-0.2, 0) is 6.54 Å². The maximum absolute atomic E-state index is 5.32. The molecule has 0 radical (unpaired) electrons. The van der Waals surface area contributed by atoms with E-state index in [-0.39, 0.29) is 0 Å². The molecule has 0 aliphatic rings. The highest BCUT2D eigenvalue weighted by Gasteiger charge is 2.12. The van der Waals surface area contributed by atoms with Crippen LogP contribution < -0.4 is 5.32 Å². The largest absolute Gasteiger partial charge is 0.469 e. The average molecular weight is 250 g/mol. The van der Waals surface area contributed by atoms with Gasteiger partial charge in [0.15, 0.2) is 0 Å². The van der Waals surface area contributed by atoms with E-state index in [1.807, 2.05) is 13.0 Å². The molecule has 0 saturated carbocycles. The zero-order valence-corrected chi connectivity index (χ0v) is 11.4. The van der Waals surface area contributed by atoms with Crippen LogP contribution in [0.5, 0.6) is 0 Å². The number of hydrogen-bond donors (Lipinski definition) is 1. The fourth-order valence-electron chi connectivity index (χ4n) is 1.69. The van der Waals surface area contributed by atoms with Gasteiger partial charge in [0, 0.05) is 11.4 Å². The Morgan fingerprint density at radius 1 is 1.41 bits per heavy atom. The summed E-state index contributed by atoms with van der Waals surface area (Å²) < 4.78 is 5.32. The second kappa shape index (κ2) is 5.47. The zero-order valence-electron chi connectivity index (χ0n) is 10.5. The van der Waals surface area contributed by atoms with Crippen LogP contribution in [-0.4, -0.2) is 11.5 Å². The molecule has 17 heavy (non-hydrogen) atoms. The van der Waals surface area contributed by atoms with Gasteiger partial charge in [0.05, 0.1) is 17.5 Å². The van der Waals surface area contributed by atoms with Gasteiger partial charge in [-0.05, 0) is 32.9 Å². The summed E-state index contributed by atoms with van der Waals surface area (Å²) in [7, 11) is 0. The Morgan fingerprint density at radius 2 is 2.24 bits per heavy atom. The van der Waals surface area contributed by atoms with Crippen LogP contribution >= 0.6 is 11.3 Å². The van der Waals surface area contributed by atoms with Crippen LogP contribution in [0, 0.1) is 13.8 Å². The molecule has 0 unspecified atom stereocenters. The molecular formula is C13H18N2OS. The van der Waals surface area contributed by atoms with Crippen LogP contribution in [0.3, 0.4) is 0 Å².